The van der Waals surface area contributed by atoms with Gasteiger partial charge in [-0.25, -0.2) is 0 Å². The van der Waals surface area contributed by atoms with Crippen molar-refractivity contribution in [3.05, 3.63) is 35.4 Å². The van der Waals surface area contributed by atoms with Crippen LogP contribution in [0.2, 0.25) is 0 Å². The molecule has 0 unspecified atom stereocenters. The third kappa shape index (κ3) is 1.40. The van der Waals surface area contributed by atoms with Gasteiger partial charge >= 0.3 is 0 Å². The molecule has 1 saturated heterocycles. The number of hydrogen-bond acceptors (Lipinski definition) is 2. The van der Waals surface area contributed by atoms with Gasteiger partial charge in [0.05, 0.1) is 0 Å². The summed E-state index contributed by atoms with van der Waals surface area (Å²) in [6, 6.07) is 8.72. The SMILES string of the molecule is OC[C@H]1CC2(CCNCC2)c2ccccc21. The van der Waals surface area contributed by atoms with Gasteiger partial charge in [-0.05, 0) is 48.9 Å². The normalized spacial score (nSPS) is 26.9. The summed E-state index contributed by atoms with van der Waals surface area (Å²) in [5.41, 5.74) is 3.26. The van der Waals surface area contributed by atoms with Crippen LogP contribution in [0.15, 0.2) is 24.3 Å². The Bertz CT molecular complexity index is 382. The summed E-state index contributed by atoms with van der Waals surface area (Å²) < 4.78 is 0. The van der Waals surface area contributed by atoms with Gasteiger partial charge in [0.15, 0.2) is 0 Å². The summed E-state index contributed by atoms with van der Waals surface area (Å²) in [5.74, 6) is 0.370. The molecule has 16 heavy (non-hydrogen) atoms. The number of nitrogens with one attached hydrogen (secondary N) is 1. The predicted octanol–water partition coefficient (Wildman–Crippen LogP) is 1.79. The van der Waals surface area contributed by atoms with Gasteiger partial charge < -0.3 is 10.4 Å². The summed E-state index contributed by atoms with van der Waals surface area (Å²) in [5, 5.41) is 12.9. The van der Waals surface area contributed by atoms with Gasteiger partial charge in [0.25, 0.3) is 0 Å². The number of piperidine rings is 1. The molecular weight excluding hydrogens is 198 g/mol. The van der Waals surface area contributed by atoms with Crippen molar-refractivity contribution in [3.8, 4) is 0 Å². The Morgan fingerprint density at radius 2 is 2.00 bits per heavy atom. The molecule has 0 saturated carbocycles. The van der Waals surface area contributed by atoms with Crippen LogP contribution < -0.4 is 5.32 Å². The fourth-order valence-electron chi connectivity index (χ4n) is 3.57. The molecule has 0 aromatic heterocycles. The lowest BCUT2D eigenvalue weighted by molar-refractivity contribution is 0.228. The fraction of sp³-hybridized carbons (Fsp3) is 0.571. The van der Waals surface area contributed by atoms with Crippen molar-refractivity contribution in [1.82, 2.24) is 5.32 Å². The van der Waals surface area contributed by atoms with Gasteiger partial charge in [-0.2, -0.15) is 0 Å². The molecule has 2 heteroatoms. The zero-order chi connectivity index (χ0) is 11.0. The largest absolute Gasteiger partial charge is 0.396 e. The molecular formula is C14H19NO. The smallest absolute Gasteiger partial charge is 0.0500 e. The number of benzene rings is 1. The van der Waals surface area contributed by atoms with Crippen LogP contribution in [0.3, 0.4) is 0 Å². The third-order valence-electron chi connectivity index (χ3n) is 4.39. The van der Waals surface area contributed by atoms with Crippen LogP contribution in [-0.2, 0) is 5.41 Å². The van der Waals surface area contributed by atoms with Crippen LogP contribution in [-0.4, -0.2) is 24.8 Å². The topological polar surface area (TPSA) is 32.3 Å². The third-order valence-corrected chi connectivity index (χ3v) is 4.39. The summed E-state index contributed by atoms with van der Waals surface area (Å²) in [6.07, 6.45) is 3.59. The van der Waals surface area contributed by atoms with Gasteiger partial charge in [0.1, 0.15) is 0 Å². The van der Waals surface area contributed by atoms with E-state index in [9.17, 15) is 5.11 Å². The van der Waals surface area contributed by atoms with Crippen molar-refractivity contribution in [2.24, 2.45) is 0 Å². The summed E-state index contributed by atoms with van der Waals surface area (Å²) in [6.45, 7) is 2.53. The minimum absolute atomic E-state index is 0.298. The van der Waals surface area contributed by atoms with E-state index < -0.39 is 0 Å². The highest BCUT2D eigenvalue weighted by atomic mass is 16.3. The van der Waals surface area contributed by atoms with Crippen molar-refractivity contribution < 1.29 is 5.11 Å². The molecule has 86 valence electrons. The Hall–Kier alpha value is -0.860. The van der Waals surface area contributed by atoms with Crippen LogP contribution in [0, 0.1) is 0 Å². The van der Waals surface area contributed by atoms with Crippen LogP contribution in [0.25, 0.3) is 0 Å². The summed E-state index contributed by atoms with van der Waals surface area (Å²) in [7, 11) is 0. The maximum Gasteiger partial charge on any atom is 0.0500 e. The lowest BCUT2D eigenvalue weighted by atomic mass is 9.74. The van der Waals surface area contributed by atoms with Crippen LogP contribution in [0.5, 0.6) is 0 Å². The zero-order valence-electron chi connectivity index (χ0n) is 9.58. The van der Waals surface area contributed by atoms with E-state index in [1.54, 1.807) is 0 Å². The molecule has 0 amide bonds. The first-order valence-electron chi connectivity index (χ1n) is 6.27. The van der Waals surface area contributed by atoms with Gasteiger partial charge in [-0.3, -0.25) is 0 Å². The number of rotatable bonds is 1. The minimum Gasteiger partial charge on any atom is -0.396 e. The zero-order valence-corrected chi connectivity index (χ0v) is 9.58. The van der Waals surface area contributed by atoms with Crippen molar-refractivity contribution in [1.29, 1.82) is 0 Å². The lowest BCUT2D eigenvalue weighted by Gasteiger charge is -2.35. The maximum atomic E-state index is 9.51. The number of fused-ring (bicyclic) bond motifs is 2. The Morgan fingerprint density at radius 3 is 2.75 bits per heavy atom. The second-order valence-corrected chi connectivity index (χ2v) is 5.20. The van der Waals surface area contributed by atoms with Crippen LogP contribution in [0.4, 0.5) is 0 Å². The molecule has 1 heterocycles. The van der Waals surface area contributed by atoms with E-state index >= 15 is 0 Å². The quantitative estimate of drug-likeness (QED) is 0.751. The molecule has 1 aromatic rings. The molecule has 2 nitrogen and oxygen atoms in total. The van der Waals surface area contributed by atoms with Gasteiger partial charge in [-0.15, -0.1) is 0 Å². The van der Waals surface area contributed by atoms with Crippen molar-refractivity contribution >= 4 is 0 Å². The lowest BCUT2D eigenvalue weighted by Crippen LogP contribution is -2.38. The van der Waals surface area contributed by atoms with Gasteiger partial charge in [0.2, 0.25) is 0 Å². The van der Waals surface area contributed by atoms with Gasteiger partial charge in [-0.1, -0.05) is 24.3 Å². The highest BCUT2D eigenvalue weighted by molar-refractivity contribution is 5.43. The molecule has 3 rings (SSSR count). The summed E-state index contributed by atoms with van der Waals surface area (Å²) in [4.78, 5) is 0. The molecule has 2 aliphatic rings. The first-order chi connectivity index (χ1) is 7.86. The molecule has 1 aliphatic carbocycles. The average molecular weight is 217 g/mol. The first kappa shape index (κ1) is 10.3. The second kappa shape index (κ2) is 3.86. The van der Waals surface area contributed by atoms with Crippen LogP contribution >= 0.6 is 0 Å². The van der Waals surface area contributed by atoms with Gasteiger partial charge in [0, 0.05) is 12.5 Å². The first-order valence-corrected chi connectivity index (χ1v) is 6.27. The van der Waals surface area contributed by atoms with E-state index in [-0.39, 0.29) is 0 Å². The van der Waals surface area contributed by atoms with E-state index in [0.717, 1.165) is 19.5 Å². The predicted molar refractivity (Wildman–Crippen MR) is 64.7 cm³/mol. The second-order valence-electron chi connectivity index (χ2n) is 5.20. The minimum atomic E-state index is 0.298. The Kier molecular flexibility index (Phi) is 2.49. The molecule has 1 aliphatic heterocycles. The standard InChI is InChI=1S/C14H19NO/c16-10-11-9-14(5-7-15-8-6-14)13-4-2-1-3-12(11)13/h1-4,11,15-16H,5-10H2/t11-/m1/s1. The van der Waals surface area contributed by atoms with E-state index in [2.05, 4.69) is 29.6 Å². The fourth-order valence-corrected chi connectivity index (χ4v) is 3.57. The highest BCUT2D eigenvalue weighted by Gasteiger charge is 2.43. The number of hydrogen-bond donors (Lipinski definition) is 2. The van der Waals surface area contributed by atoms with Crippen molar-refractivity contribution in [2.75, 3.05) is 19.7 Å². The number of aliphatic hydroxyl groups is 1. The van der Waals surface area contributed by atoms with E-state index in [0.29, 0.717) is 17.9 Å². The molecule has 1 spiro atoms. The highest BCUT2D eigenvalue weighted by Crippen LogP contribution is 2.50. The number of aliphatic hydroxyl groups excluding tert-OH is 1. The van der Waals surface area contributed by atoms with E-state index in [1.807, 2.05) is 0 Å². The maximum absolute atomic E-state index is 9.51. The van der Waals surface area contributed by atoms with Crippen molar-refractivity contribution in [2.45, 2.75) is 30.6 Å². The molecule has 0 bridgehead atoms. The van der Waals surface area contributed by atoms with Crippen molar-refractivity contribution in [3.63, 3.8) is 0 Å². The molecule has 1 aromatic carbocycles. The Balaban J connectivity index is 2.04. The Labute approximate surface area is 96.7 Å². The van der Waals surface area contributed by atoms with E-state index in [4.69, 9.17) is 0 Å². The molecule has 1 fully saturated rings. The molecule has 1 atom stereocenters. The summed E-state index contributed by atoms with van der Waals surface area (Å²) >= 11 is 0. The van der Waals surface area contributed by atoms with Crippen LogP contribution in [0.1, 0.15) is 36.3 Å². The average Bonchev–Trinajstić information content (AvgIpc) is 2.66. The Morgan fingerprint density at radius 1 is 1.25 bits per heavy atom. The van der Waals surface area contributed by atoms with E-state index in [1.165, 1.54) is 24.0 Å². The molecule has 0 radical (unpaired) electrons. The monoisotopic (exact) mass is 217 g/mol. The molecule has 2 N–H and O–H groups in total.